The lowest BCUT2D eigenvalue weighted by Gasteiger charge is -2.11. The number of allylic oxidation sites excluding steroid dienone is 1. The van der Waals surface area contributed by atoms with Crippen LogP contribution in [0, 0.1) is 0 Å². The van der Waals surface area contributed by atoms with Crippen molar-refractivity contribution in [2.75, 3.05) is 19.0 Å². The molecule has 0 aliphatic carbocycles. The highest BCUT2D eigenvalue weighted by molar-refractivity contribution is 9.09. The summed E-state index contributed by atoms with van der Waals surface area (Å²) in [6.45, 7) is 6.53. The summed E-state index contributed by atoms with van der Waals surface area (Å²) in [5.41, 5.74) is 2.09. The number of alkyl halides is 1. The number of benzene rings is 1. The van der Waals surface area contributed by atoms with Gasteiger partial charge in [-0.3, -0.25) is 0 Å². The maximum Gasteiger partial charge on any atom is 0.161 e. The van der Waals surface area contributed by atoms with E-state index in [2.05, 4.69) is 22.5 Å². The molecule has 15 heavy (non-hydrogen) atoms. The van der Waals surface area contributed by atoms with Gasteiger partial charge in [0.2, 0.25) is 0 Å². The van der Waals surface area contributed by atoms with Crippen LogP contribution < -0.4 is 9.47 Å². The van der Waals surface area contributed by atoms with E-state index in [4.69, 9.17) is 9.47 Å². The molecule has 1 aromatic rings. The average Bonchev–Trinajstić information content (AvgIpc) is 2.28. The van der Waals surface area contributed by atoms with Gasteiger partial charge in [-0.2, -0.15) is 0 Å². The molecule has 0 heterocycles. The van der Waals surface area contributed by atoms with Crippen LogP contribution in [-0.4, -0.2) is 19.0 Å². The van der Waals surface area contributed by atoms with Crippen LogP contribution in [0.5, 0.6) is 11.5 Å². The van der Waals surface area contributed by atoms with E-state index >= 15 is 0 Å². The quantitative estimate of drug-likeness (QED) is 0.763. The maximum atomic E-state index is 5.48. The molecule has 0 spiro atoms. The van der Waals surface area contributed by atoms with E-state index in [0.29, 0.717) is 6.61 Å². The zero-order valence-corrected chi connectivity index (χ0v) is 10.6. The molecule has 2 nitrogen and oxygen atoms in total. The largest absolute Gasteiger partial charge is 0.493 e. The van der Waals surface area contributed by atoms with Gasteiger partial charge in [0.25, 0.3) is 0 Å². The Kier molecular flexibility index (Phi) is 4.69. The molecule has 0 aromatic heterocycles. The van der Waals surface area contributed by atoms with Crippen LogP contribution in [0.1, 0.15) is 12.5 Å². The Hall–Kier alpha value is -0.960. The van der Waals surface area contributed by atoms with E-state index < -0.39 is 0 Å². The number of rotatable bonds is 5. The van der Waals surface area contributed by atoms with Crippen molar-refractivity contribution in [1.29, 1.82) is 0 Å². The van der Waals surface area contributed by atoms with Gasteiger partial charge in [0, 0.05) is 5.33 Å². The zero-order chi connectivity index (χ0) is 11.3. The fourth-order valence-corrected chi connectivity index (χ4v) is 1.57. The van der Waals surface area contributed by atoms with Crippen molar-refractivity contribution >= 4 is 21.5 Å². The molecule has 0 radical (unpaired) electrons. The molecule has 0 atom stereocenters. The Balaban J connectivity index is 3.04. The fourth-order valence-electron chi connectivity index (χ4n) is 1.24. The Morgan fingerprint density at radius 2 is 2.13 bits per heavy atom. The first-order valence-corrected chi connectivity index (χ1v) is 5.90. The van der Waals surface area contributed by atoms with Crippen molar-refractivity contribution in [1.82, 2.24) is 0 Å². The molecule has 0 saturated carbocycles. The van der Waals surface area contributed by atoms with Crippen LogP contribution >= 0.6 is 15.9 Å². The SMILES string of the molecule is C=C(CBr)c1ccc(OC)c(OCC)c1. The van der Waals surface area contributed by atoms with Crippen molar-refractivity contribution in [3.63, 3.8) is 0 Å². The Morgan fingerprint density at radius 1 is 1.40 bits per heavy atom. The third-order valence-electron chi connectivity index (χ3n) is 2.03. The molecule has 82 valence electrons. The van der Waals surface area contributed by atoms with E-state index in [1.54, 1.807) is 7.11 Å². The number of hydrogen-bond acceptors (Lipinski definition) is 2. The van der Waals surface area contributed by atoms with Gasteiger partial charge in [-0.25, -0.2) is 0 Å². The second kappa shape index (κ2) is 5.81. The Labute approximate surface area is 99.0 Å². The van der Waals surface area contributed by atoms with Crippen LogP contribution in [0.4, 0.5) is 0 Å². The van der Waals surface area contributed by atoms with Crippen LogP contribution in [0.15, 0.2) is 24.8 Å². The molecule has 1 aromatic carbocycles. The summed E-state index contributed by atoms with van der Waals surface area (Å²) in [6, 6.07) is 5.82. The standard InChI is InChI=1S/C12H15BrO2/c1-4-15-12-7-10(9(2)8-13)5-6-11(12)14-3/h5-7H,2,4,8H2,1,3H3. The molecule has 0 bridgehead atoms. The normalized spacial score (nSPS) is 9.80. The van der Waals surface area contributed by atoms with Crippen molar-refractivity contribution in [2.24, 2.45) is 0 Å². The van der Waals surface area contributed by atoms with Gasteiger partial charge < -0.3 is 9.47 Å². The molecule has 0 fully saturated rings. The van der Waals surface area contributed by atoms with Crippen LogP contribution in [0.25, 0.3) is 5.57 Å². The van der Waals surface area contributed by atoms with Gasteiger partial charge in [0.05, 0.1) is 13.7 Å². The molecule has 0 aliphatic rings. The van der Waals surface area contributed by atoms with Crippen molar-refractivity contribution in [3.8, 4) is 11.5 Å². The lowest BCUT2D eigenvalue weighted by atomic mass is 10.1. The third-order valence-corrected chi connectivity index (χ3v) is 2.71. The molecule has 0 unspecified atom stereocenters. The third kappa shape index (κ3) is 2.99. The minimum atomic E-state index is 0.626. The van der Waals surface area contributed by atoms with E-state index in [1.807, 2.05) is 25.1 Å². The summed E-state index contributed by atoms with van der Waals surface area (Å²) >= 11 is 3.38. The number of ether oxygens (including phenoxy) is 2. The zero-order valence-electron chi connectivity index (χ0n) is 9.05. The van der Waals surface area contributed by atoms with E-state index in [0.717, 1.165) is 28.0 Å². The minimum Gasteiger partial charge on any atom is -0.493 e. The van der Waals surface area contributed by atoms with E-state index in [-0.39, 0.29) is 0 Å². The summed E-state index contributed by atoms with van der Waals surface area (Å²) in [7, 11) is 1.64. The van der Waals surface area contributed by atoms with Gasteiger partial charge in [-0.05, 0) is 30.2 Å². The van der Waals surface area contributed by atoms with Crippen molar-refractivity contribution in [2.45, 2.75) is 6.92 Å². The average molecular weight is 271 g/mol. The lowest BCUT2D eigenvalue weighted by Crippen LogP contribution is -1.96. The van der Waals surface area contributed by atoms with Crippen molar-refractivity contribution in [3.05, 3.63) is 30.3 Å². The Morgan fingerprint density at radius 3 is 2.67 bits per heavy atom. The maximum absolute atomic E-state index is 5.48. The summed E-state index contributed by atoms with van der Waals surface area (Å²) < 4.78 is 10.7. The van der Waals surface area contributed by atoms with Gasteiger partial charge in [0.15, 0.2) is 11.5 Å². The number of halogens is 1. The lowest BCUT2D eigenvalue weighted by molar-refractivity contribution is 0.311. The summed E-state index contributed by atoms with van der Waals surface area (Å²) in [6.07, 6.45) is 0. The first-order valence-electron chi connectivity index (χ1n) is 4.77. The number of methoxy groups -OCH3 is 1. The first-order chi connectivity index (χ1) is 7.22. The fraction of sp³-hybridized carbons (Fsp3) is 0.333. The molecule has 0 amide bonds. The highest BCUT2D eigenvalue weighted by Gasteiger charge is 2.06. The summed E-state index contributed by atoms with van der Waals surface area (Å²) in [5, 5.41) is 0.755. The smallest absolute Gasteiger partial charge is 0.161 e. The second-order valence-electron chi connectivity index (χ2n) is 3.04. The second-order valence-corrected chi connectivity index (χ2v) is 3.60. The van der Waals surface area contributed by atoms with Gasteiger partial charge >= 0.3 is 0 Å². The van der Waals surface area contributed by atoms with Crippen molar-refractivity contribution < 1.29 is 9.47 Å². The molecular weight excluding hydrogens is 256 g/mol. The van der Waals surface area contributed by atoms with Crippen LogP contribution in [-0.2, 0) is 0 Å². The molecule has 3 heteroatoms. The summed E-state index contributed by atoms with van der Waals surface area (Å²) in [4.78, 5) is 0. The van der Waals surface area contributed by atoms with E-state index in [9.17, 15) is 0 Å². The molecule has 1 rings (SSSR count). The van der Waals surface area contributed by atoms with E-state index in [1.165, 1.54) is 0 Å². The predicted octanol–water partition coefficient (Wildman–Crippen LogP) is 3.50. The molecule has 0 N–H and O–H groups in total. The Bertz CT molecular complexity index is 347. The first kappa shape index (κ1) is 12.1. The van der Waals surface area contributed by atoms with Gasteiger partial charge in [-0.15, -0.1) is 0 Å². The molecule has 0 aliphatic heterocycles. The topological polar surface area (TPSA) is 18.5 Å². The molecule has 0 saturated heterocycles. The highest BCUT2D eigenvalue weighted by atomic mass is 79.9. The minimum absolute atomic E-state index is 0.626. The monoisotopic (exact) mass is 270 g/mol. The molecular formula is C12H15BrO2. The predicted molar refractivity (Wildman–Crippen MR) is 67.0 cm³/mol. The van der Waals surface area contributed by atoms with Crippen LogP contribution in [0.2, 0.25) is 0 Å². The number of hydrogen-bond donors (Lipinski definition) is 0. The van der Waals surface area contributed by atoms with Crippen LogP contribution in [0.3, 0.4) is 0 Å². The summed E-state index contributed by atoms with van der Waals surface area (Å²) in [5.74, 6) is 1.52. The van der Waals surface area contributed by atoms with Gasteiger partial charge in [0.1, 0.15) is 0 Å². The highest BCUT2D eigenvalue weighted by Crippen LogP contribution is 2.30. The van der Waals surface area contributed by atoms with Gasteiger partial charge in [-0.1, -0.05) is 28.6 Å².